The van der Waals surface area contributed by atoms with Gasteiger partial charge in [0.05, 0.1) is 6.61 Å². The Morgan fingerprint density at radius 1 is 1.28 bits per heavy atom. The fraction of sp³-hybridized carbons (Fsp3) is 0.600. The van der Waals surface area contributed by atoms with Crippen molar-refractivity contribution in [1.82, 2.24) is 4.90 Å². The molecule has 18 heavy (non-hydrogen) atoms. The fourth-order valence-electron chi connectivity index (χ4n) is 2.38. The number of benzene rings is 1. The van der Waals surface area contributed by atoms with E-state index in [0.29, 0.717) is 12.0 Å². The number of hydrogen-bond donors (Lipinski definition) is 1. The van der Waals surface area contributed by atoms with Crippen LogP contribution in [0.4, 0.5) is 5.69 Å². The molecule has 1 aromatic carbocycles. The lowest BCUT2D eigenvalue weighted by Gasteiger charge is -2.30. The molecule has 2 unspecified atom stereocenters. The largest absolute Gasteiger partial charge is 0.382 e. The lowest BCUT2D eigenvalue weighted by molar-refractivity contribution is 0.0538. The summed E-state index contributed by atoms with van der Waals surface area (Å²) in [7, 11) is 4.19. The van der Waals surface area contributed by atoms with Crippen LogP contribution in [0.3, 0.4) is 0 Å². The highest BCUT2D eigenvalue weighted by Crippen LogP contribution is 2.20. The third kappa shape index (κ3) is 3.72. The van der Waals surface area contributed by atoms with Gasteiger partial charge in [-0.05, 0) is 44.1 Å². The van der Waals surface area contributed by atoms with E-state index in [1.54, 1.807) is 0 Å². The Balaban J connectivity index is 1.93. The highest BCUT2D eigenvalue weighted by atomic mass is 16.5. The summed E-state index contributed by atoms with van der Waals surface area (Å²) in [6.45, 7) is 4.99. The van der Waals surface area contributed by atoms with Gasteiger partial charge in [-0.1, -0.05) is 19.1 Å². The van der Waals surface area contributed by atoms with Gasteiger partial charge >= 0.3 is 0 Å². The van der Waals surface area contributed by atoms with Gasteiger partial charge in [0.2, 0.25) is 0 Å². The Kier molecular flexibility index (Phi) is 4.61. The van der Waals surface area contributed by atoms with E-state index in [-0.39, 0.29) is 0 Å². The van der Waals surface area contributed by atoms with Crippen LogP contribution in [0.2, 0.25) is 0 Å². The van der Waals surface area contributed by atoms with E-state index in [9.17, 15) is 0 Å². The highest BCUT2D eigenvalue weighted by molar-refractivity contribution is 5.45. The first-order chi connectivity index (χ1) is 8.65. The van der Waals surface area contributed by atoms with E-state index in [1.165, 1.54) is 11.3 Å². The average Bonchev–Trinajstić information content (AvgIpc) is 2.34. The van der Waals surface area contributed by atoms with Crippen molar-refractivity contribution >= 4 is 5.69 Å². The van der Waals surface area contributed by atoms with Crippen LogP contribution in [0.1, 0.15) is 18.9 Å². The zero-order valence-electron chi connectivity index (χ0n) is 11.6. The van der Waals surface area contributed by atoms with Gasteiger partial charge in [0, 0.05) is 24.9 Å². The summed E-state index contributed by atoms with van der Waals surface area (Å²) < 4.78 is 5.47. The van der Waals surface area contributed by atoms with E-state index < -0.39 is 0 Å². The molecule has 1 aliphatic heterocycles. The summed E-state index contributed by atoms with van der Waals surface area (Å²) in [4.78, 5) is 2.18. The van der Waals surface area contributed by atoms with Crippen molar-refractivity contribution in [2.24, 2.45) is 5.92 Å². The zero-order chi connectivity index (χ0) is 13.0. The van der Waals surface area contributed by atoms with Crippen molar-refractivity contribution in [1.29, 1.82) is 0 Å². The van der Waals surface area contributed by atoms with Crippen molar-refractivity contribution in [3.8, 4) is 0 Å². The summed E-state index contributed by atoms with van der Waals surface area (Å²) in [5, 5.41) is 3.62. The van der Waals surface area contributed by atoms with E-state index in [4.69, 9.17) is 4.74 Å². The number of ether oxygens (including phenoxy) is 1. The van der Waals surface area contributed by atoms with Gasteiger partial charge in [-0.15, -0.1) is 0 Å². The van der Waals surface area contributed by atoms with Crippen molar-refractivity contribution in [3.63, 3.8) is 0 Å². The van der Waals surface area contributed by atoms with Crippen LogP contribution in [0.15, 0.2) is 24.3 Å². The number of nitrogens with one attached hydrogen (secondary N) is 1. The smallest absolute Gasteiger partial charge is 0.0511 e. The third-order valence-corrected chi connectivity index (χ3v) is 3.45. The predicted molar refractivity (Wildman–Crippen MR) is 75.8 cm³/mol. The summed E-state index contributed by atoms with van der Waals surface area (Å²) in [5.41, 5.74) is 2.57. The van der Waals surface area contributed by atoms with Crippen molar-refractivity contribution in [2.45, 2.75) is 25.9 Å². The van der Waals surface area contributed by atoms with Gasteiger partial charge in [-0.2, -0.15) is 0 Å². The van der Waals surface area contributed by atoms with Gasteiger partial charge in [0.15, 0.2) is 0 Å². The summed E-state index contributed by atoms with van der Waals surface area (Å²) in [5.74, 6) is 0.584. The summed E-state index contributed by atoms with van der Waals surface area (Å²) >= 11 is 0. The minimum atomic E-state index is 0.540. The molecule has 1 N–H and O–H groups in total. The van der Waals surface area contributed by atoms with E-state index in [1.807, 2.05) is 0 Å². The van der Waals surface area contributed by atoms with Gasteiger partial charge in [-0.3, -0.25) is 0 Å². The van der Waals surface area contributed by atoms with Crippen molar-refractivity contribution in [2.75, 3.05) is 32.6 Å². The molecule has 3 heteroatoms. The lowest BCUT2D eigenvalue weighted by atomic mass is 9.97. The summed E-state index contributed by atoms with van der Waals surface area (Å²) in [6, 6.07) is 9.30. The molecule has 1 aromatic rings. The first kappa shape index (κ1) is 13.4. The van der Waals surface area contributed by atoms with Gasteiger partial charge < -0.3 is 15.0 Å². The van der Waals surface area contributed by atoms with Crippen molar-refractivity contribution < 1.29 is 4.74 Å². The fourth-order valence-corrected chi connectivity index (χ4v) is 2.38. The van der Waals surface area contributed by atoms with Crippen molar-refractivity contribution in [3.05, 3.63) is 29.8 Å². The lowest BCUT2D eigenvalue weighted by Crippen LogP contribution is -2.35. The van der Waals surface area contributed by atoms with Crippen LogP contribution < -0.4 is 5.32 Å². The molecular weight excluding hydrogens is 224 g/mol. The maximum absolute atomic E-state index is 5.47. The molecule has 0 amide bonds. The maximum Gasteiger partial charge on any atom is 0.0511 e. The quantitative estimate of drug-likeness (QED) is 0.886. The third-order valence-electron chi connectivity index (χ3n) is 3.45. The molecule has 0 aromatic heterocycles. The Hall–Kier alpha value is -1.06. The molecule has 1 aliphatic rings. The second-order valence-corrected chi connectivity index (χ2v) is 5.53. The number of hydrogen-bond acceptors (Lipinski definition) is 3. The molecule has 0 radical (unpaired) electrons. The Labute approximate surface area is 110 Å². The molecule has 3 nitrogen and oxygen atoms in total. The van der Waals surface area contributed by atoms with E-state index >= 15 is 0 Å². The van der Waals surface area contributed by atoms with Gasteiger partial charge in [0.1, 0.15) is 0 Å². The average molecular weight is 248 g/mol. The van der Waals surface area contributed by atoms with E-state index in [0.717, 1.165) is 26.2 Å². The molecule has 2 atom stereocenters. The number of nitrogens with zero attached hydrogens (tertiary/aromatic N) is 1. The first-order valence-corrected chi connectivity index (χ1v) is 6.73. The molecule has 0 spiro atoms. The monoisotopic (exact) mass is 248 g/mol. The number of anilines is 1. The SMILES string of the molecule is CC1COCCC1Nc1ccc(CN(C)C)cc1. The molecule has 1 heterocycles. The highest BCUT2D eigenvalue weighted by Gasteiger charge is 2.21. The molecular formula is C15H24N2O. The minimum absolute atomic E-state index is 0.540. The molecule has 0 saturated carbocycles. The molecule has 100 valence electrons. The predicted octanol–water partition coefficient (Wildman–Crippen LogP) is 2.59. The minimum Gasteiger partial charge on any atom is -0.382 e. The molecule has 0 aliphatic carbocycles. The Morgan fingerprint density at radius 2 is 2.00 bits per heavy atom. The Morgan fingerprint density at radius 3 is 2.61 bits per heavy atom. The second kappa shape index (κ2) is 6.21. The van der Waals surface area contributed by atoms with Crippen LogP contribution in [-0.4, -0.2) is 38.3 Å². The van der Waals surface area contributed by atoms with E-state index in [2.05, 4.69) is 55.5 Å². The normalized spacial score (nSPS) is 24.2. The van der Waals surface area contributed by atoms with Gasteiger partial charge in [-0.25, -0.2) is 0 Å². The van der Waals surface area contributed by atoms with Crippen LogP contribution in [0, 0.1) is 5.92 Å². The topological polar surface area (TPSA) is 24.5 Å². The van der Waals surface area contributed by atoms with Crippen LogP contribution >= 0.6 is 0 Å². The Bertz CT molecular complexity index is 361. The standard InChI is InChI=1S/C15H24N2O/c1-12-11-18-9-8-15(12)16-14-6-4-13(5-7-14)10-17(2)3/h4-7,12,15-16H,8-11H2,1-3H3. The maximum atomic E-state index is 5.47. The molecule has 1 saturated heterocycles. The molecule has 1 fully saturated rings. The molecule has 2 rings (SSSR count). The van der Waals surface area contributed by atoms with Gasteiger partial charge in [0.25, 0.3) is 0 Å². The summed E-state index contributed by atoms with van der Waals surface area (Å²) in [6.07, 6.45) is 1.10. The van der Waals surface area contributed by atoms with Crippen LogP contribution in [0.25, 0.3) is 0 Å². The van der Waals surface area contributed by atoms with Crippen LogP contribution in [0.5, 0.6) is 0 Å². The van der Waals surface area contributed by atoms with Crippen LogP contribution in [-0.2, 0) is 11.3 Å². The first-order valence-electron chi connectivity index (χ1n) is 6.73. The zero-order valence-corrected chi connectivity index (χ0v) is 11.6. The number of rotatable bonds is 4. The second-order valence-electron chi connectivity index (χ2n) is 5.53. The molecule has 0 bridgehead atoms.